The molecule has 24 heavy (non-hydrogen) atoms. The molecule has 0 fully saturated rings. The van der Waals surface area contributed by atoms with Crippen LogP contribution in [0.5, 0.6) is 0 Å². The Kier molecular flexibility index (Phi) is 48.6. The fourth-order valence-corrected chi connectivity index (χ4v) is 0. The molecule has 0 aromatic heterocycles. The van der Waals surface area contributed by atoms with E-state index in [9.17, 15) is 0 Å². The predicted molar refractivity (Wildman–Crippen MR) is 62.5 cm³/mol. The van der Waals surface area contributed by atoms with Gasteiger partial charge in [0.1, 0.15) is 0 Å². The van der Waals surface area contributed by atoms with E-state index in [1.54, 1.807) is 0 Å². The van der Waals surface area contributed by atoms with Gasteiger partial charge in [0.2, 0.25) is 0 Å². The SMILES string of the molecule is CS(=O)(=O)[O-].CS(=O)(=O)[O-].CS(=O)(=O)[O-].CS(=O)(=O)[O-].[Na+].[Na+].[Na+].[Na+]. The third-order valence-electron chi connectivity index (χ3n) is 0. The Morgan fingerprint density at radius 3 is 0.375 bits per heavy atom. The van der Waals surface area contributed by atoms with Crippen molar-refractivity contribution < 1.29 is 170 Å². The standard InChI is InChI=1S/4CH4O3S.4Na/c4*1-5(2,3)4;;;;/h4*1H3,(H,2,3,4);;;;/q;;;;4*+1/p-4. The maximum Gasteiger partial charge on any atom is 1.00 e. The van der Waals surface area contributed by atoms with Crippen molar-refractivity contribution in [2.45, 2.75) is 0 Å². The Labute approximate surface area is 231 Å². The van der Waals surface area contributed by atoms with Crippen molar-refractivity contribution in [1.29, 1.82) is 0 Å². The second kappa shape index (κ2) is 22.9. The summed E-state index contributed by atoms with van der Waals surface area (Å²) in [6.07, 6.45) is 2.42. The molecule has 0 aliphatic rings. The molecule has 0 rings (SSSR count). The number of hydrogen-bond donors (Lipinski definition) is 0. The van der Waals surface area contributed by atoms with Crippen molar-refractivity contribution in [3.8, 4) is 0 Å². The van der Waals surface area contributed by atoms with E-state index in [4.69, 9.17) is 51.9 Å². The molecule has 0 aliphatic heterocycles. The summed E-state index contributed by atoms with van der Waals surface area (Å²) in [5.74, 6) is 0. The molecule has 0 N–H and O–H groups in total. The molecule has 0 atom stereocenters. The van der Waals surface area contributed by atoms with Crippen LogP contribution in [0.25, 0.3) is 0 Å². The second-order valence-electron chi connectivity index (χ2n) is 2.82. The Morgan fingerprint density at radius 1 is 0.375 bits per heavy atom. The summed E-state index contributed by atoms with van der Waals surface area (Å²) in [4.78, 5) is 0. The van der Waals surface area contributed by atoms with Gasteiger partial charge in [0.05, 0.1) is 40.5 Å². The van der Waals surface area contributed by atoms with Crippen molar-refractivity contribution in [2.75, 3.05) is 25.0 Å². The van der Waals surface area contributed by atoms with Crippen molar-refractivity contribution in [3.05, 3.63) is 0 Å². The average molecular weight is 472 g/mol. The van der Waals surface area contributed by atoms with E-state index in [0.29, 0.717) is 25.0 Å². The topological polar surface area (TPSA) is 229 Å². The van der Waals surface area contributed by atoms with Crippen molar-refractivity contribution in [2.24, 2.45) is 0 Å². The van der Waals surface area contributed by atoms with Crippen molar-refractivity contribution in [1.82, 2.24) is 0 Å². The number of hydrogen-bond acceptors (Lipinski definition) is 12. The predicted octanol–water partition coefficient (Wildman–Crippen LogP) is -15.3. The first-order valence-corrected chi connectivity index (χ1v) is 10.9. The molecular formula is C4H12Na4O12S4. The van der Waals surface area contributed by atoms with Gasteiger partial charge >= 0.3 is 118 Å². The van der Waals surface area contributed by atoms with Crippen molar-refractivity contribution >= 4 is 40.5 Å². The zero-order valence-electron chi connectivity index (χ0n) is 14.5. The fourth-order valence-electron chi connectivity index (χ4n) is 0. The zero-order chi connectivity index (χ0) is 18.0. The molecule has 0 spiro atoms. The van der Waals surface area contributed by atoms with Gasteiger partial charge in [-0.15, -0.1) is 0 Å². The largest absolute Gasteiger partial charge is 1.00 e. The van der Waals surface area contributed by atoms with Crippen LogP contribution in [0.2, 0.25) is 0 Å². The molecule has 20 heteroatoms. The number of rotatable bonds is 0. The summed E-state index contributed by atoms with van der Waals surface area (Å²) in [7, 11) is -15.7. The first-order chi connectivity index (χ1) is 8.00. The Bertz CT molecular complexity index is 496. The summed E-state index contributed by atoms with van der Waals surface area (Å²) in [6, 6.07) is 0. The minimum atomic E-state index is -3.92. The third kappa shape index (κ3) is 1170. The molecule has 0 unspecified atom stereocenters. The van der Waals surface area contributed by atoms with Crippen LogP contribution in [0.15, 0.2) is 0 Å². The third-order valence-corrected chi connectivity index (χ3v) is 0. The van der Waals surface area contributed by atoms with Gasteiger partial charge in [-0.05, 0) is 0 Å². The van der Waals surface area contributed by atoms with E-state index >= 15 is 0 Å². The van der Waals surface area contributed by atoms with Crippen molar-refractivity contribution in [3.63, 3.8) is 0 Å². The minimum Gasteiger partial charge on any atom is -0.748 e. The van der Waals surface area contributed by atoms with Crippen LogP contribution in [-0.4, -0.2) is 76.9 Å². The van der Waals surface area contributed by atoms with E-state index in [-0.39, 0.29) is 118 Å². The summed E-state index contributed by atoms with van der Waals surface area (Å²) in [5.41, 5.74) is 0. The normalized spacial score (nSPS) is 9.67. The van der Waals surface area contributed by atoms with E-state index in [2.05, 4.69) is 0 Å². The maximum absolute atomic E-state index is 9.08. The first kappa shape index (κ1) is 50.9. The molecule has 12 nitrogen and oxygen atoms in total. The first-order valence-electron chi connectivity index (χ1n) is 3.63. The van der Waals surface area contributed by atoms with E-state index in [0.717, 1.165) is 0 Å². The molecule has 0 aromatic rings. The van der Waals surface area contributed by atoms with E-state index in [1.807, 2.05) is 0 Å². The Balaban J connectivity index is -0.0000000225. The van der Waals surface area contributed by atoms with Crippen LogP contribution in [-0.2, 0) is 40.5 Å². The van der Waals surface area contributed by atoms with Crippen LogP contribution in [0.3, 0.4) is 0 Å². The van der Waals surface area contributed by atoms with Crippen LogP contribution in [0, 0.1) is 0 Å². The smallest absolute Gasteiger partial charge is 0.748 e. The monoisotopic (exact) mass is 472 g/mol. The van der Waals surface area contributed by atoms with Gasteiger partial charge in [0, 0.05) is 25.0 Å². The Hall–Kier alpha value is 3.64. The van der Waals surface area contributed by atoms with Gasteiger partial charge in [0.15, 0.2) is 0 Å². The van der Waals surface area contributed by atoms with Crippen LogP contribution < -0.4 is 118 Å². The molecule has 0 bridgehead atoms. The summed E-state index contributed by atoms with van der Waals surface area (Å²) in [5, 5.41) is 0. The van der Waals surface area contributed by atoms with Gasteiger partial charge in [-0.25, -0.2) is 33.7 Å². The molecule has 0 saturated heterocycles. The molecule has 0 radical (unpaired) electrons. The average Bonchev–Trinajstić information content (AvgIpc) is 1.62. The molecule has 0 saturated carbocycles. The van der Waals surface area contributed by atoms with Crippen LogP contribution in [0.4, 0.5) is 0 Å². The summed E-state index contributed by atoms with van der Waals surface area (Å²) < 4.78 is 109. The maximum atomic E-state index is 9.08. The second-order valence-corrected chi connectivity index (χ2v) is 8.45. The minimum absolute atomic E-state index is 0. The molecular weight excluding hydrogens is 460 g/mol. The zero-order valence-corrected chi connectivity index (χ0v) is 25.8. The van der Waals surface area contributed by atoms with Crippen LogP contribution >= 0.6 is 0 Å². The summed E-state index contributed by atoms with van der Waals surface area (Å²) >= 11 is 0. The fraction of sp³-hybridized carbons (Fsp3) is 1.00. The van der Waals surface area contributed by atoms with Gasteiger partial charge in [-0.2, -0.15) is 0 Å². The molecule has 128 valence electrons. The Morgan fingerprint density at radius 2 is 0.375 bits per heavy atom. The molecule has 0 aromatic carbocycles. The van der Waals surface area contributed by atoms with Gasteiger partial charge in [-0.1, -0.05) is 0 Å². The molecule has 0 aliphatic carbocycles. The van der Waals surface area contributed by atoms with E-state index < -0.39 is 40.5 Å². The molecule has 0 heterocycles. The van der Waals surface area contributed by atoms with Gasteiger partial charge in [-0.3, -0.25) is 0 Å². The van der Waals surface area contributed by atoms with Gasteiger partial charge in [0.25, 0.3) is 0 Å². The summed E-state index contributed by atoms with van der Waals surface area (Å²) in [6.45, 7) is 0. The van der Waals surface area contributed by atoms with Gasteiger partial charge < -0.3 is 18.2 Å². The molecule has 0 amide bonds. The quantitative estimate of drug-likeness (QED) is 0.236. The van der Waals surface area contributed by atoms with E-state index in [1.165, 1.54) is 0 Å². The van der Waals surface area contributed by atoms with Crippen LogP contribution in [0.1, 0.15) is 0 Å².